The summed E-state index contributed by atoms with van der Waals surface area (Å²) in [7, 11) is 1.67. The van der Waals surface area contributed by atoms with Gasteiger partial charge in [0.15, 0.2) is 0 Å². The largest absolute Gasteiger partial charge is 0.497 e. The molecule has 90 valence electrons. The Bertz CT molecular complexity index is 434. The summed E-state index contributed by atoms with van der Waals surface area (Å²) in [6.07, 6.45) is 1.70. The van der Waals surface area contributed by atoms with Crippen molar-refractivity contribution in [3.63, 3.8) is 0 Å². The molecular formula is C14H17NO2. The SMILES string of the molecule is COc1ccc(CN[C@H](C)c2ccco2)cc1. The fourth-order valence-electron chi connectivity index (χ4n) is 1.65. The van der Waals surface area contributed by atoms with E-state index in [1.807, 2.05) is 24.3 Å². The van der Waals surface area contributed by atoms with E-state index in [1.165, 1.54) is 5.56 Å². The molecule has 2 rings (SSSR count). The van der Waals surface area contributed by atoms with Crippen LogP contribution in [0, 0.1) is 0 Å². The van der Waals surface area contributed by atoms with Gasteiger partial charge in [-0.15, -0.1) is 0 Å². The van der Waals surface area contributed by atoms with Gasteiger partial charge in [-0.3, -0.25) is 0 Å². The second-order valence-corrected chi connectivity index (χ2v) is 3.97. The minimum Gasteiger partial charge on any atom is -0.497 e. The zero-order valence-electron chi connectivity index (χ0n) is 10.1. The molecule has 3 nitrogen and oxygen atoms in total. The standard InChI is InChI=1S/C14H17NO2/c1-11(14-4-3-9-17-14)15-10-12-5-7-13(16-2)8-6-12/h3-9,11,15H,10H2,1-2H3/t11-/m1/s1. The molecule has 1 N–H and O–H groups in total. The molecule has 1 heterocycles. The molecule has 1 aromatic heterocycles. The molecule has 0 bridgehead atoms. The Kier molecular flexibility index (Phi) is 3.83. The third-order valence-corrected chi connectivity index (χ3v) is 2.74. The Morgan fingerprint density at radius 3 is 2.59 bits per heavy atom. The first-order chi connectivity index (χ1) is 8.29. The summed E-state index contributed by atoms with van der Waals surface area (Å²) in [5.74, 6) is 1.84. The molecule has 0 fully saturated rings. The van der Waals surface area contributed by atoms with Crippen LogP contribution in [0.1, 0.15) is 24.3 Å². The van der Waals surface area contributed by atoms with Crippen LogP contribution in [-0.4, -0.2) is 7.11 Å². The highest BCUT2D eigenvalue weighted by Crippen LogP contribution is 2.15. The Balaban J connectivity index is 1.89. The Hall–Kier alpha value is -1.74. The van der Waals surface area contributed by atoms with E-state index >= 15 is 0 Å². The first-order valence-corrected chi connectivity index (χ1v) is 5.69. The highest BCUT2D eigenvalue weighted by atomic mass is 16.5. The van der Waals surface area contributed by atoms with Gasteiger partial charge in [-0.2, -0.15) is 0 Å². The maximum Gasteiger partial charge on any atom is 0.120 e. The summed E-state index contributed by atoms with van der Waals surface area (Å²) < 4.78 is 10.5. The predicted molar refractivity (Wildman–Crippen MR) is 67.0 cm³/mol. The lowest BCUT2D eigenvalue weighted by molar-refractivity contribution is 0.414. The van der Waals surface area contributed by atoms with Crippen molar-refractivity contribution >= 4 is 0 Å². The van der Waals surface area contributed by atoms with Crippen LogP contribution in [-0.2, 0) is 6.54 Å². The van der Waals surface area contributed by atoms with Gasteiger partial charge in [0.25, 0.3) is 0 Å². The molecule has 0 amide bonds. The number of furan rings is 1. The molecule has 17 heavy (non-hydrogen) atoms. The average Bonchev–Trinajstić information content (AvgIpc) is 2.90. The molecule has 2 aromatic rings. The lowest BCUT2D eigenvalue weighted by Gasteiger charge is -2.11. The van der Waals surface area contributed by atoms with Crippen LogP contribution < -0.4 is 10.1 Å². The van der Waals surface area contributed by atoms with E-state index in [0.717, 1.165) is 18.1 Å². The smallest absolute Gasteiger partial charge is 0.120 e. The van der Waals surface area contributed by atoms with E-state index in [1.54, 1.807) is 13.4 Å². The Morgan fingerprint density at radius 2 is 2.00 bits per heavy atom. The summed E-state index contributed by atoms with van der Waals surface area (Å²) in [6.45, 7) is 2.90. The third kappa shape index (κ3) is 3.11. The summed E-state index contributed by atoms with van der Waals surface area (Å²) in [6, 6.07) is 12.1. The quantitative estimate of drug-likeness (QED) is 0.858. The van der Waals surface area contributed by atoms with Gasteiger partial charge in [-0.1, -0.05) is 12.1 Å². The Labute approximate surface area is 101 Å². The monoisotopic (exact) mass is 231 g/mol. The van der Waals surface area contributed by atoms with Crippen LogP contribution >= 0.6 is 0 Å². The molecule has 3 heteroatoms. The van der Waals surface area contributed by atoms with Gasteiger partial charge in [0, 0.05) is 6.54 Å². The fraction of sp³-hybridized carbons (Fsp3) is 0.286. The second-order valence-electron chi connectivity index (χ2n) is 3.97. The lowest BCUT2D eigenvalue weighted by atomic mass is 10.2. The van der Waals surface area contributed by atoms with Crippen molar-refractivity contribution < 1.29 is 9.15 Å². The molecule has 0 saturated heterocycles. The van der Waals surface area contributed by atoms with E-state index in [2.05, 4.69) is 24.4 Å². The fourth-order valence-corrected chi connectivity index (χ4v) is 1.65. The van der Waals surface area contributed by atoms with Crippen molar-refractivity contribution in [1.29, 1.82) is 0 Å². The lowest BCUT2D eigenvalue weighted by Crippen LogP contribution is -2.17. The highest BCUT2D eigenvalue weighted by Gasteiger charge is 2.06. The highest BCUT2D eigenvalue weighted by molar-refractivity contribution is 5.27. The van der Waals surface area contributed by atoms with E-state index < -0.39 is 0 Å². The maximum absolute atomic E-state index is 5.34. The molecule has 0 saturated carbocycles. The van der Waals surface area contributed by atoms with Crippen LogP contribution in [0.2, 0.25) is 0 Å². The Morgan fingerprint density at radius 1 is 1.24 bits per heavy atom. The molecule has 0 aliphatic heterocycles. The van der Waals surface area contributed by atoms with E-state index in [-0.39, 0.29) is 6.04 Å². The van der Waals surface area contributed by atoms with Gasteiger partial charge in [0.05, 0.1) is 19.4 Å². The second kappa shape index (κ2) is 5.55. The van der Waals surface area contributed by atoms with Gasteiger partial charge in [0.2, 0.25) is 0 Å². The van der Waals surface area contributed by atoms with Crippen molar-refractivity contribution in [3.05, 3.63) is 54.0 Å². The minimum absolute atomic E-state index is 0.215. The first-order valence-electron chi connectivity index (χ1n) is 5.69. The number of rotatable bonds is 5. The molecule has 1 atom stereocenters. The average molecular weight is 231 g/mol. The van der Waals surface area contributed by atoms with Crippen LogP contribution in [0.5, 0.6) is 5.75 Å². The molecule has 0 spiro atoms. The number of methoxy groups -OCH3 is 1. The van der Waals surface area contributed by atoms with Crippen LogP contribution in [0.25, 0.3) is 0 Å². The first kappa shape index (κ1) is 11.7. The van der Waals surface area contributed by atoms with E-state index in [9.17, 15) is 0 Å². The summed E-state index contributed by atoms with van der Waals surface area (Å²) >= 11 is 0. The zero-order chi connectivity index (χ0) is 12.1. The van der Waals surface area contributed by atoms with Crippen molar-refractivity contribution in [2.24, 2.45) is 0 Å². The molecule has 1 aromatic carbocycles. The minimum atomic E-state index is 0.215. The molecule has 0 radical (unpaired) electrons. The number of ether oxygens (including phenoxy) is 1. The normalized spacial score (nSPS) is 12.4. The van der Waals surface area contributed by atoms with E-state index in [0.29, 0.717) is 0 Å². The van der Waals surface area contributed by atoms with E-state index in [4.69, 9.17) is 9.15 Å². The molecule has 0 unspecified atom stereocenters. The maximum atomic E-state index is 5.34. The predicted octanol–water partition coefficient (Wildman–Crippen LogP) is 3.14. The van der Waals surface area contributed by atoms with Crippen LogP contribution in [0.4, 0.5) is 0 Å². The van der Waals surface area contributed by atoms with Crippen LogP contribution in [0.3, 0.4) is 0 Å². The summed E-state index contributed by atoms with van der Waals surface area (Å²) in [5.41, 5.74) is 1.23. The molecular weight excluding hydrogens is 214 g/mol. The van der Waals surface area contributed by atoms with Gasteiger partial charge in [0.1, 0.15) is 11.5 Å². The van der Waals surface area contributed by atoms with Gasteiger partial charge in [-0.25, -0.2) is 0 Å². The van der Waals surface area contributed by atoms with Crippen molar-refractivity contribution in [2.75, 3.05) is 7.11 Å². The third-order valence-electron chi connectivity index (χ3n) is 2.74. The van der Waals surface area contributed by atoms with Gasteiger partial charge < -0.3 is 14.5 Å². The van der Waals surface area contributed by atoms with Crippen molar-refractivity contribution in [1.82, 2.24) is 5.32 Å². The number of benzene rings is 1. The van der Waals surface area contributed by atoms with Gasteiger partial charge >= 0.3 is 0 Å². The van der Waals surface area contributed by atoms with Crippen molar-refractivity contribution in [3.8, 4) is 5.75 Å². The topological polar surface area (TPSA) is 34.4 Å². The number of nitrogens with one attached hydrogen (secondary N) is 1. The molecule has 0 aliphatic rings. The number of hydrogen-bond donors (Lipinski definition) is 1. The van der Waals surface area contributed by atoms with Gasteiger partial charge in [-0.05, 0) is 36.8 Å². The number of hydrogen-bond acceptors (Lipinski definition) is 3. The summed E-state index contributed by atoms with van der Waals surface area (Å²) in [5, 5.41) is 3.40. The molecule has 0 aliphatic carbocycles. The zero-order valence-corrected chi connectivity index (χ0v) is 10.1. The summed E-state index contributed by atoms with van der Waals surface area (Å²) in [4.78, 5) is 0. The van der Waals surface area contributed by atoms with Crippen molar-refractivity contribution in [2.45, 2.75) is 19.5 Å². The van der Waals surface area contributed by atoms with Crippen LogP contribution in [0.15, 0.2) is 47.1 Å².